The molecular weight excluding hydrogens is 314 g/mol. The third kappa shape index (κ3) is 4.75. The average Bonchev–Trinajstić information content (AvgIpc) is 2.42. The van der Waals surface area contributed by atoms with Crippen molar-refractivity contribution in [2.24, 2.45) is 0 Å². The van der Waals surface area contributed by atoms with Gasteiger partial charge in [-0.3, -0.25) is 4.90 Å². The zero-order valence-electron chi connectivity index (χ0n) is 11.7. The van der Waals surface area contributed by atoms with E-state index in [1.165, 1.54) is 11.1 Å². The van der Waals surface area contributed by atoms with E-state index in [0.717, 1.165) is 11.0 Å². The van der Waals surface area contributed by atoms with Gasteiger partial charge in [-0.15, -0.1) is 0 Å². The number of rotatable bonds is 6. The Morgan fingerprint density at radius 3 is 2.40 bits per heavy atom. The smallest absolute Gasteiger partial charge is 0.0707 e. The van der Waals surface area contributed by atoms with Crippen molar-refractivity contribution in [2.75, 3.05) is 13.6 Å². The van der Waals surface area contributed by atoms with E-state index in [4.69, 9.17) is 0 Å². The molecule has 0 bridgehead atoms. The summed E-state index contributed by atoms with van der Waals surface area (Å²) in [5.74, 6) is 0. The lowest BCUT2D eigenvalue weighted by Gasteiger charge is -2.21. The van der Waals surface area contributed by atoms with Gasteiger partial charge < -0.3 is 5.11 Å². The predicted molar refractivity (Wildman–Crippen MR) is 86.6 cm³/mol. The molecule has 1 atom stereocenters. The fourth-order valence-electron chi connectivity index (χ4n) is 2.29. The lowest BCUT2D eigenvalue weighted by Crippen LogP contribution is -2.30. The molecule has 2 rings (SSSR count). The lowest BCUT2D eigenvalue weighted by molar-refractivity contribution is 0.123. The number of nitrogens with zero attached hydrogens (tertiary/aromatic N) is 1. The van der Waals surface area contributed by atoms with Crippen LogP contribution in [0.4, 0.5) is 0 Å². The van der Waals surface area contributed by atoms with Crippen LogP contribution < -0.4 is 0 Å². The molecule has 0 radical (unpaired) electrons. The van der Waals surface area contributed by atoms with E-state index < -0.39 is 0 Å². The third-order valence-corrected chi connectivity index (χ3v) is 4.01. The van der Waals surface area contributed by atoms with Gasteiger partial charge in [-0.25, -0.2) is 0 Å². The van der Waals surface area contributed by atoms with Crippen LogP contribution in [0.25, 0.3) is 0 Å². The number of aliphatic hydroxyl groups excluding tert-OH is 1. The van der Waals surface area contributed by atoms with Crippen molar-refractivity contribution in [3.8, 4) is 0 Å². The number of likely N-dealkylation sites (N-methyl/N-ethyl adjacent to an activating group) is 1. The first-order valence-electron chi connectivity index (χ1n) is 6.79. The molecule has 0 aliphatic rings. The molecule has 2 aromatic rings. The minimum absolute atomic E-state index is 0.343. The van der Waals surface area contributed by atoms with Crippen LogP contribution in [0.15, 0.2) is 59.1 Å². The molecule has 0 saturated carbocycles. The number of hydrogen-bond acceptors (Lipinski definition) is 2. The Labute approximate surface area is 129 Å². The quantitative estimate of drug-likeness (QED) is 0.874. The van der Waals surface area contributed by atoms with Crippen molar-refractivity contribution in [3.05, 3.63) is 70.2 Å². The maximum absolute atomic E-state index is 10.2. The van der Waals surface area contributed by atoms with E-state index in [0.29, 0.717) is 13.0 Å². The Balaban J connectivity index is 1.85. The summed E-state index contributed by atoms with van der Waals surface area (Å²) in [7, 11) is 2.04. The fraction of sp³-hybridized carbons (Fsp3) is 0.294. The summed E-state index contributed by atoms with van der Waals surface area (Å²) in [4.78, 5) is 2.15. The van der Waals surface area contributed by atoms with Crippen LogP contribution in [-0.4, -0.2) is 29.7 Å². The summed E-state index contributed by atoms with van der Waals surface area (Å²) in [5, 5.41) is 10.2. The predicted octanol–water partition coefficient (Wildman–Crippen LogP) is 3.48. The molecule has 0 amide bonds. The van der Waals surface area contributed by atoms with Crippen molar-refractivity contribution in [2.45, 2.75) is 19.1 Å². The van der Waals surface area contributed by atoms with Gasteiger partial charge in [0.25, 0.3) is 0 Å². The summed E-state index contributed by atoms with van der Waals surface area (Å²) in [6, 6.07) is 18.3. The van der Waals surface area contributed by atoms with Gasteiger partial charge in [0.2, 0.25) is 0 Å². The van der Waals surface area contributed by atoms with Crippen LogP contribution in [-0.2, 0) is 13.0 Å². The maximum atomic E-state index is 10.2. The Morgan fingerprint density at radius 2 is 1.70 bits per heavy atom. The van der Waals surface area contributed by atoms with Crippen LogP contribution in [0, 0.1) is 0 Å². The number of benzene rings is 2. The minimum Gasteiger partial charge on any atom is -0.391 e. The highest BCUT2D eigenvalue weighted by molar-refractivity contribution is 9.10. The largest absolute Gasteiger partial charge is 0.391 e. The Morgan fingerprint density at radius 1 is 1.05 bits per heavy atom. The maximum Gasteiger partial charge on any atom is 0.0707 e. The van der Waals surface area contributed by atoms with Gasteiger partial charge in [0.1, 0.15) is 0 Å². The molecule has 20 heavy (non-hydrogen) atoms. The molecule has 0 aliphatic heterocycles. The van der Waals surface area contributed by atoms with Gasteiger partial charge in [-0.1, -0.05) is 64.5 Å². The van der Waals surface area contributed by atoms with Gasteiger partial charge in [0.15, 0.2) is 0 Å². The zero-order chi connectivity index (χ0) is 14.4. The molecule has 3 heteroatoms. The second-order valence-electron chi connectivity index (χ2n) is 5.13. The Hall–Kier alpha value is -1.16. The second kappa shape index (κ2) is 7.58. The fourth-order valence-corrected chi connectivity index (χ4v) is 2.70. The molecule has 0 spiro atoms. The van der Waals surface area contributed by atoms with E-state index in [2.05, 4.69) is 39.0 Å². The van der Waals surface area contributed by atoms with Crippen molar-refractivity contribution in [3.63, 3.8) is 0 Å². The van der Waals surface area contributed by atoms with Crippen molar-refractivity contribution in [1.82, 2.24) is 4.90 Å². The number of aliphatic hydroxyl groups is 1. The van der Waals surface area contributed by atoms with E-state index in [1.807, 2.05) is 43.4 Å². The van der Waals surface area contributed by atoms with E-state index in [-0.39, 0.29) is 6.10 Å². The minimum atomic E-state index is -0.343. The molecule has 0 heterocycles. The molecule has 0 fully saturated rings. The summed E-state index contributed by atoms with van der Waals surface area (Å²) in [5.41, 5.74) is 2.41. The van der Waals surface area contributed by atoms with Crippen LogP contribution in [0.2, 0.25) is 0 Å². The van der Waals surface area contributed by atoms with Crippen molar-refractivity contribution < 1.29 is 5.11 Å². The summed E-state index contributed by atoms with van der Waals surface area (Å²) < 4.78 is 1.12. The summed E-state index contributed by atoms with van der Waals surface area (Å²) in [6.07, 6.45) is 0.353. The van der Waals surface area contributed by atoms with Crippen LogP contribution in [0.1, 0.15) is 11.1 Å². The molecule has 2 nitrogen and oxygen atoms in total. The van der Waals surface area contributed by atoms with E-state index in [9.17, 15) is 5.11 Å². The van der Waals surface area contributed by atoms with E-state index in [1.54, 1.807) is 0 Å². The highest BCUT2D eigenvalue weighted by Gasteiger charge is 2.10. The van der Waals surface area contributed by atoms with Gasteiger partial charge >= 0.3 is 0 Å². The van der Waals surface area contributed by atoms with Crippen LogP contribution in [0.5, 0.6) is 0 Å². The molecule has 106 valence electrons. The van der Waals surface area contributed by atoms with Crippen LogP contribution >= 0.6 is 15.9 Å². The first-order valence-corrected chi connectivity index (χ1v) is 7.58. The normalized spacial score (nSPS) is 12.6. The van der Waals surface area contributed by atoms with Gasteiger partial charge in [0.05, 0.1) is 6.10 Å². The Kier molecular flexibility index (Phi) is 5.77. The SMILES string of the molecule is CN(Cc1ccccc1Br)CC(O)Cc1ccccc1. The lowest BCUT2D eigenvalue weighted by atomic mass is 10.1. The Bertz CT molecular complexity index is 530. The average molecular weight is 334 g/mol. The molecule has 2 aromatic carbocycles. The highest BCUT2D eigenvalue weighted by atomic mass is 79.9. The molecular formula is C17H20BrNO. The summed E-state index contributed by atoms with van der Waals surface area (Å²) in [6.45, 7) is 1.49. The second-order valence-corrected chi connectivity index (χ2v) is 5.99. The zero-order valence-corrected chi connectivity index (χ0v) is 13.3. The first kappa shape index (κ1) is 15.2. The molecule has 0 saturated heterocycles. The van der Waals surface area contributed by atoms with Crippen molar-refractivity contribution >= 4 is 15.9 Å². The van der Waals surface area contributed by atoms with Gasteiger partial charge in [0, 0.05) is 17.6 Å². The monoisotopic (exact) mass is 333 g/mol. The molecule has 0 aliphatic carbocycles. The standard InChI is InChI=1S/C17H20BrNO/c1-19(12-15-9-5-6-10-17(15)18)13-16(20)11-14-7-3-2-4-8-14/h2-10,16,20H,11-13H2,1H3. The summed E-state index contributed by atoms with van der Waals surface area (Å²) >= 11 is 3.56. The first-order chi connectivity index (χ1) is 9.65. The molecule has 1 unspecified atom stereocenters. The molecule has 0 aromatic heterocycles. The number of halogens is 1. The topological polar surface area (TPSA) is 23.5 Å². The third-order valence-electron chi connectivity index (χ3n) is 3.23. The highest BCUT2D eigenvalue weighted by Crippen LogP contribution is 2.17. The molecule has 1 N–H and O–H groups in total. The van der Waals surface area contributed by atoms with Gasteiger partial charge in [-0.05, 0) is 30.7 Å². The van der Waals surface area contributed by atoms with Crippen molar-refractivity contribution in [1.29, 1.82) is 0 Å². The number of hydrogen-bond donors (Lipinski definition) is 1. The van der Waals surface area contributed by atoms with Gasteiger partial charge in [-0.2, -0.15) is 0 Å². The van der Waals surface area contributed by atoms with Crippen LogP contribution in [0.3, 0.4) is 0 Å². The van der Waals surface area contributed by atoms with E-state index >= 15 is 0 Å².